The summed E-state index contributed by atoms with van der Waals surface area (Å²) in [7, 11) is 0. The minimum Gasteiger partial charge on any atom is -0.392 e. The molecule has 3 rings (SSSR count). The highest BCUT2D eigenvalue weighted by molar-refractivity contribution is 6.40. The molecule has 19 heavy (non-hydrogen) atoms. The van der Waals surface area contributed by atoms with Crippen molar-refractivity contribution in [1.82, 2.24) is 0 Å². The fourth-order valence-corrected chi connectivity index (χ4v) is 3.48. The predicted molar refractivity (Wildman–Crippen MR) is 72.6 cm³/mol. The van der Waals surface area contributed by atoms with E-state index in [0.29, 0.717) is 21.3 Å². The molecule has 0 bridgehead atoms. The molecule has 1 aromatic carbocycles. The maximum Gasteiger partial charge on any atom is 0.166 e. The van der Waals surface area contributed by atoms with Gasteiger partial charge in [-0.1, -0.05) is 34.4 Å². The minimum absolute atomic E-state index is 0.240. The van der Waals surface area contributed by atoms with Gasteiger partial charge in [0, 0.05) is 12.0 Å². The molecule has 1 aliphatic carbocycles. The monoisotopic (exact) mass is 301 g/mol. The van der Waals surface area contributed by atoms with Crippen LogP contribution in [0.15, 0.2) is 23.4 Å². The zero-order valence-electron chi connectivity index (χ0n) is 10.2. The summed E-state index contributed by atoms with van der Waals surface area (Å²) >= 11 is 12.3. The molecule has 2 N–H and O–H groups in total. The van der Waals surface area contributed by atoms with Crippen LogP contribution in [0.2, 0.25) is 10.0 Å². The second-order valence-corrected chi connectivity index (χ2v) is 6.07. The minimum atomic E-state index is -1.11. The van der Waals surface area contributed by atoms with Crippen LogP contribution in [-0.2, 0) is 4.84 Å². The van der Waals surface area contributed by atoms with Crippen LogP contribution in [0.4, 0.5) is 0 Å². The first-order valence-corrected chi connectivity index (χ1v) is 6.76. The van der Waals surface area contributed by atoms with Crippen LogP contribution >= 0.6 is 23.2 Å². The lowest BCUT2D eigenvalue weighted by molar-refractivity contribution is -0.0738. The van der Waals surface area contributed by atoms with E-state index in [1.807, 2.05) is 0 Å². The van der Waals surface area contributed by atoms with Gasteiger partial charge in [0.15, 0.2) is 6.10 Å². The van der Waals surface area contributed by atoms with Gasteiger partial charge in [-0.25, -0.2) is 0 Å². The molecule has 0 unspecified atom stereocenters. The number of rotatable bonds is 1. The lowest BCUT2D eigenvalue weighted by Crippen LogP contribution is -2.37. The molecule has 102 valence electrons. The van der Waals surface area contributed by atoms with Crippen molar-refractivity contribution in [1.29, 1.82) is 0 Å². The van der Waals surface area contributed by atoms with Crippen LogP contribution in [-0.4, -0.2) is 33.7 Å². The van der Waals surface area contributed by atoms with E-state index in [4.69, 9.17) is 28.0 Å². The molecule has 2 aliphatic rings. The SMILES string of the molecule is C[C@]1(O)C[C@@H](O)[C@H]2C(c3c(Cl)cccc3Cl)=NO[C@H]21. The molecule has 1 aromatic rings. The van der Waals surface area contributed by atoms with Gasteiger partial charge in [-0.3, -0.25) is 0 Å². The number of halogens is 2. The summed E-state index contributed by atoms with van der Waals surface area (Å²) in [6.07, 6.45) is -1.05. The first kappa shape index (κ1) is 13.2. The Labute approximate surface area is 120 Å². The number of hydrogen-bond donors (Lipinski definition) is 2. The third-order valence-electron chi connectivity index (χ3n) is 3.78. The third kappa shape index (κ3) is 1.94. The Hall–Kier alpha value is -0.810. The molecule has 1 heterocycles. The lowest BCUT2D eigenvalue weighted by Gasteiger charge is -2.21. The van der Waals surface area contributed by atoms with Gasteiger partial charge >= 0.3 is 0 Å². The largest absolute Gasteiger partial charge is 0.392 e. The summed E-state index contributed by atoms with van der Waals surface area (Å²) in [4.78, 5) is 5.30. The number of hydrogen-bond acceptors (Lipinski definition) is 4. The van der Waals surface area contributed by atoms with E-state index in [1.54, 1.807) is 25.1 Å². The van der Waals surface area contributed by atoms with Crippen LogP contribution in [0.1, 0.15) is 18.9 Å². The molecule has 4 nitrogen and oxygen atoms in total. The van der Waals surface area contributed by atoms with Crippen LogP contribution in [0, 0.1) is 5.92 Å². The molecule has 1 saturated carbocycles. The summed E-state index contributed by atoms with van der Waals surface area (Å²) in [5, 5.41) is 25.2. The van der Waals surface area contributed by atoms with E-state index >= 15 is 0 Å². The highest BCUT2D eigenvalue weighted by Gasteiger charge is 2.57. The van der Waals surface area contributed by atoms with Crippen molar-refractivity contribution < 1.29 is 15.1 Å². The van der Waals surface area contributed by atoms with E-state index in [2.05, 4.69) is 5.16 Å². The highest BCUT2D eigenvalue weighted by atomic mass is 35.5. The summed E-state index contributed by atoms with van der Waals surface area (Å²) in [5.41, 5.74) is -0.0377. The fourth-order valence-electron chi connectivity index (χ4n) is 2.89. The second kappa shape index (κ2) is 4.35. The molecule has 4 atom stereocenters. The van der Waals surface area contributed by atoms with Gasteiger partial charge in [0.25, 0.3) is 0 Å². The van der Waals surface area contributed by atoms with Gasteiger partial charge in [-0.2, -0.15) is 0 Å². The van der Waals surface area contributed by atoms with Crippen molar-refractivity contribution in [3.63, 3.8) is 0 Å². The molecule has 0 amide bonds. The molecule has 0 saturated heterocycles. The predicted octanol–water partition coefficient (Wildman–Crippen LogP) is 2.23. The van der Waals surface area contributed by atoms with Crippen LogP contribution in [0.3, 0.4) is 0 Å². The summed E-state index contributed by atoms with van der Waals surface area (Å²) in [6.45, 7) is 1.63. The first-order valence-electron chi connectivity index (χ1n) is 6.00. The molecule has 0 radical (unpaired) electrons. The van der Waals surface area contributed by atoms with E-state index in [1.165, 1.54) is 0 Å². The van der Waals surface area contributed by atoms with Crippen molar-refractivity contribution in [2.45, 2.75) is 31.2 Å². The Bertz CT molecular complexity index is 539. The van der Waals surface area contributed by atoms with E-state index in [-0.39, 0.29) is 6.42 Å². The van der Waals surface area contributed by atoms with Gasteiger partial charge < -0.3 is 15.1 Å². The topological polar surface area (TPSA) is 62.0 Å². The third-order valence-corrected chi connectivity index (χ3v) is 4.41. The second-order valence-electron chi connectivity index (χ2n) is 5.25. The molecule has 6 heteroatoms. The number of nitrogens with zero attached hydrogens (tertiary/aromatic N) is 1. The molecule has 0 aromatic heterocycles. The number of benzene rings is 1. The number of aliphatic hydroxyl groups is 2. The van der Waals surface area contributed by atoms with E-state index < -0.39 is 23.7 Å². The average Bonchev–Trinajstić information content (AvgIpc) is 2.81. The normalized spacial score (nSPS) is 36.9. The zero-order chi connectivity index (χ0) is 13.8. The molecule has 1 fully saturated rings. The van der Waals surface area contributed by atoms with Crippen molar-refractivity contribution in [3.8, 4) is 0 Å². The summed E-state index contributed by atoms with van der Waals surface area (Å²) in [6, 6.07) is 5.15. The summed E-state index contributed by atoms with van der Waals surface area (Å²) in [5.74, 6) is -0.410. The van der Waals surface area contributed by atoms with Crippen LogP contribution < -0.4 is 0 Å². The van der Waals surface area contributed by atoms with Crippen molar-refractivity contribution in [2.24, 2.45) is 11.1 Å². The Morgan fingerprint density at radius 1 is 1.37 bits per heavy atom. The Kier molecular flexibility index (Phi) is 3.02. The maximum atomic E-state index is 10.2. The summed E-state index contributed by atoms with van der Waals surface area (Å²) < 4.78 is 0. The van der Waals surface area contributed by atoms with Gasteiger partial charge in [0.2, 0.25) is 0 Å². The Morgan fingerprint density at radius 3 is 2.63 bits per heavy atom. The standard InChI is InChI=1S/C13H13Cl2NO3/c1-13(18)5-8(17)10-11(16-19-12(10)13)9-6(14)3-2-4-7(9)15/h2-4,8,10,12,17-18H,5H2,1H3/t8-,10+,12-,13+/m1/s1. The van der Waals surface area contributed by atoms with Crippen LogP contribution in [0.5, 0.6) is 0 Å². The molecule has 1 aliphatic heterocycles. The Morgan fingerprint density at radius 2 is 2.00 bits per heavy atom. The average molecular weight is 302 g/mol. The van der Waals surface area contributed by atoms with E-state index in [9.17, 15) is 10.2 Å². The van der Waals surface area contributed by atoms with Crippen molar-refractivity contribution in [3.05, 3.63) is 33.8 Å². The highest BCUT2D eigenvalue weighted by Crippen LogP contribution is 2.44. The van der Waals surface area contributed by atoms with Crippen molar-refractivity contribution in [2.75, 3.05) is 0 Å². The van der Waals surface area contributed by atoms with Gasteiger partial charge in [0.05, 0.1) is 27.8 Å². The van der Waals surface area contributed by atoms with E-state index in [0.717, 1.165) is 0 Å². The fraction of sp³-hybridized carbons (Fsp3) is 0.462. The number of aliphatic hydroxyl groups excluding tert-OH is 1. The maximum absolute atomic E-state index is 10.2. The van der Waals surface area contributed by atoms with Crippen LogP contribution in [0.25, 0.3) is 0 Å². The quantitative estimate of drug-likeness (QED) is 0.836. The van der Waals surface area contributed by atoms with Gasteiger partial charge in [0.1, 0.15) is 5.60 Å². The zero-order valence-corrected chi connectivity index (χ0v) is 11.7. The number of oxime groups is 1. The van der Waals surface area contributed by atoms with Gasteiger partial charge in [-0.15, -0.1) is 0 Å². The lowest BCUT2D eigenvalue weighted by atomic mass is 9.91. The molecular formula is C13H13Cl2NO3. The molecule has 0 spiro atoms. The Balaban J connectivity index is 2.05. The first-order chi connectivity index (χ1) is 8.92. The van der Waals surface area contributed by atoms with Crippen molar-refractivity contribution >= 4 is 28.9 Å². The van der Waals surface area contributed by atoms with Gasteiger partial charge in [-0.05, 0) is 19.1 Å². The molecular weight excluding hydrogens is 289 g/mol. The number of fused-ring (bicyclic) bond motifs is 1. The smallest absolute Gasteiger partial charge is 0.166 e.